The predicted octanol–water partition coefficient (Wildman–Crippen LogP) is 2.65. The van der Waals surface area contributed by atoms with Gasteiger partial charge in [0.2, 0.25) is 10.0 Å². The normalized spacial score (nSPS) is 15.8. The van der Waals surface area contributed by atoms with Gasteiger partial charge >= 0.3 is 0 Å². The predicted molar refractivity (Wildman–Crippen MR) is 120 cm³/mol. The number of nitrogens with two attached hydrogens (primary N) is 1. The van der Waals surface area contributed by atoms with Gasteiger partial charge in [0.25, 0.3) is 16.0 Å². The van der Waals surface area contributed by atoms with E-state index in [1.807, 2.05) is 0 Å². The third-order valence-electron chi connectivity index (χ3n) is 4.82. The van der Waals surface area contributed by atoms with Gasteiger partial charge in [-0.2, -0.15) is 18.5 Å². The largest absolute Gasteiger partial charge is 0.457 e. The Morgan fingerprint density at radius 2 is 1.55 bits per heavy atom. The fraction of sp³-hybridized carbons (Fsp3) is 0.0476. The molecule has 3 N–H and O–H groups in total. The van der Waals surface area contributed by atoms with Gasteiger partial charge in [-0.05, 0) is 73.7 Å². The van der Waals surface area contributed by atoms with Crippen LogP contribution in [-0.4, -0.2) is 33.0 Å². The summed E-state index contributed by atoms with van der Waals surface area (Å²) in [4.78, 5) is 12.6. The van der Waals surface area contributed by atoms with E-state index in [2.05, 4.69) is 5.10 Å². The van der Waals surface area contributed by atoms with Gasteiger partial charge in [-0.15, -0.1) is 0 Å². The molecule has 0 bridgehead atoms. The van der Waals surface area contributed by atoms with Crippen molar-refractivity contribution in [3.8, 4) is 11.3 Å². The fourth-order valence-electron chi connectivity index (χ4n) is 3.16. The zero-order chi connectivity index (χ0) is 24.0. The lowest BCUT2D eigenvalue weighted by Crippen LogP contribution is -2.21. The minimum absolute atomic E-state index is 0.0814. The van der Waals surface area contributed by atoms with Crippen LogP contribution in [0.3, 0.4) is 0 Å². The average Bonchev–Trinajstić information content (AvgIpc) is 3.33. The standard InChI is InChI=1S/C21H17N3O7S2/c1-13-19(21(25)24(23-13)15-4-9-17(10-5-15)32(22,26)27)12-16-6-11-20(31-16)14-2-7-18(8-3-14)33(28,29)30/h2-12H,1H3,(H2,22,26,27)(H,28,29,30)/b19-12-. The molecule has 10 nitrogen and oxygen atoms in total. The minimum atomic E-state index is -4.29. The molecule has 1 aliphatic rings. The summed E-state index contributed by atoms with van der Waals surface area (Å²) in [7, 11) is -8.15. The summed E-state index contributed by atoms with van der Waals surface area (Å²) in [5, 5.41) is 10.5. The Kier molecular flexibility index (Phi) is 5.54. The molecule has 33 heavy (non-hydrogen) atoms. The third-order valence-corrected chi connectivity index (χ3v) is 6.62. The topological polar surface area (TPSA) is 160 Å². The molecule has 0 spiro atoms. The molecule has 4 rings (SSSR count). The summed E-state index contributed by atoms with van der Waals surface area (Å²) >= 11 is 0. The Hall–Kier alpha value is -3.58. The Balaban J connectivity index is 1.57. The highest BCUT2D eigenvalue weighted by Crippen LogP contribution is 2.28. The van der Waals surface area contributed by atoms with Gasteiger partial charge in [0.05, 0.1) is 26.8 Å². The Morgan fingerprint density at radius 3 is 2.12 bits per heavy atom. The first-order valence-corrected chi connectivity index (χ1v) is 12.3. The number of sulfonamides is 1. The molecule has 2 heterocycles. The first-order chi connectivity index (χ1) is 15.4. The number of benzene rings is 2. The second kappa shape index (κ2) is 8.08. The number of primary sulfonamides is 1. The monoisotopic (exact) mass is 487 g/mol. The maximum absolute atomic E-state index is 12.9. The Bertz CT molecular complexity index is 1520. The van der Waals surface area contributed by atoms with Crippen LogP contribution in [0.1, 0.15) is 12.7 Å². The number of hydrazone groups is 1. The second-order valence-electron chi connectivity index (χ2n) is 7.10. The molecule has 3 aromatic rings. The lowest BCUT2D eigenvalue weighted by atomic mass is 10.1. The van der Waals surface area contributed by atoms with Gasteiger partial charge in [0.15, 0.2) is 0 Å². The maximum atomic E-state index is 12.9. The van der Waals surface area contributed by atoms with Crippen molar-refractivity contribution >= 4 is 43.5 Å². The highest BCUT2D eigenvalue weighted by atomic mass is 32.2. The Morgan fingerprint density at radius 1 is 0.939 bits per heavy atom. The smallest absolute Gasteiger partial charge is 0.294 e. The van der Waals surface area contributed by atoms with Gasteiger partial charge in [-0.3, -0.25) is 9.35 Å². The average molecular weight is 488 g/mol. The molecule has 0 fully saturated rings. The summed E-state index contributed by atoms with van der Waals surface area (Å²) in [6, 6.07) is 14.2. The van der Waals surface area contributed by atoms with Crippen LogP contribution >= 0.6 is 0 Å². The van der Waals surface area contributed by atoms with Gasteiger partial charge in [-0.1, -0.05) is 0 Å². The number of amides is 1. The first kappa shape index (κ1) is 22.6. The van der Waals surface area contributed by atoms with Crippen molar-refractivity contribution < 1.29 is 30.6 Å². The van der Waals surface area contributed by atoms with Crippen LogP contribution in [0.2, 0.25) is 0 Å². The summed E-state index contributed by atoms with van der Waals surface area (Å²) in [5.41, 5.74) is 1.67. The number of rotatable bonds is 5. The lowest BCUT2D eigenvalue weighted by molar-refractivity contribution is -0.114. The number of furan rings is 1. The molecule has 0 unspecified atom stereocenters. The van der Waals surface area contributed by atoms with E-state index in [-0.39, 0.29) is 15.4 Å². The fourth-order valence-corrected chi connectivity index (χ4v) is 4.15. The molecule has 0 radical (unpaired) electrons. The summed E-state index contributed by atoms with van der Waals surface area (Å²) in [6.07, 6.45) is 1.52. The van der Waals surface area contributed by atoms with Crippen LogP contribution in [-0.2, 0) is 24.9 Å². The summed E-state index contributed by atoms with van der Waals surface area (Å²) in [5.74, 6) is 0.374. The van der Waals surface area contributed by atoms with Crippen LogP contribution in [0.15, 0.2) is 85.5 Å². The number of hydrogen-bond acceptors (Lipinski definition) is 7. The zero-order valence-corrected chi connectivity index (χ0v) is 18.7. The molecular weight excluding hydrogens is 470 g/mol. The molecule has 0 saturated carbocycles. The molecular formula is C21H17N3O7S2. The molecule has 1 amide bonds. The number of hydrogen-bond donors (Lipinski definition) is 2. The zero-order valence-electron chi connectivity index (χ0n) is 17.0. The van der Waals surface area contributed by atoms with Gasteiger partial charge in [-0.25, -0.2) is 13.6 Å². The lowest BCUT2D eigenvalue weighted by Gasteiger charge is -2.11. The van der Waals surface area contributed by atoms with E-state index >= 15 is 0 Å². The van der Waals surface area contributed by atoms with Crippen LogP contribution < -0.4 is 10.1 Å². The van der Waals surface area contributed by atoms with Crippen LogP contribution in [0.4, 0.5) is 5.69 Å². The van der Waals surface area contributed by atoms with Crippen LogP contribution in [0, 0.1) is 0 Å². The third kappa shape index (κ3) is 4.64. The van der Waals surface area contributed by atoms with Crippen molar-refractivity contribution in [2.24, 2.45) is 10.2 Å². The molecule has 1 aromatic heterocycles. The maximum Gasteiger partial charge on any atom is 0.294 e. The SMILES string of the molecule is CC1=NN(c2ccc(S(N)(=O)=O)cc2)C(=O)/C1=C\c1ccc(-c2ccc(S(=O)(=O)O)cc2)o1. The van der Waals surface area contributed by atoms with E-state index in [9.17, 15) is 21.6 Å². The van der Waals surface area contributed by atoms with E-state index in [1.165, 1.54) is 54.6 Å². The van der Waals surface area contributed by atoms with E-state index in [4.69, 9.17) is 14.1 Å². The van der Waals surface area contributed by atoms with Gasteiger partial charge in [0, 0.05) is 5.56 Å². The summed E-state index contributed by atoms with van der Waals surface area (Å²) < 4.78 is 60.0. The van der Waals surface area contributed by atoms with Crippen LogP contribution in [0.25, 0.3) is 17.4 Å². The molecule has 1 aliphatic heterocycles. The van der Waals surface area contributed by atoms with E-state index < -0.39 is 26.0 Å². The van der Waals surface area contributed by atoms with Gasteiger partial charge < -0.3 is 4.42 Å². The van der Waals surface area contributed by atoms with Crippen molar-refractivity contribution in [2.75, 3.05) is 5.01 Å². The van der Waals surface area contributed by atoms with Crippen molar-refractivity contribution in [1.29, 1.82) is 0 Å². The van der Waals surface area contributed by atoms with Crippen LogP contribution in [0.5, 0.6) is 0 Å². The van der Waals surface area contributed by atoms with Gasteiger partial charge in [0.1, 0.15) is 11.5 Å². The quantitative estimate of drug-likeness (QED) is 0.413. The minimum Gasteiger partial charge on any atom is -0.457 e. The van der Waals surface area contributed by atoms with E-state index in [0.29, 0.717) is 28.5 Å². The first-order valence-electron chi connectivity index (χ1n) is 9.36. The highest BCUT2D eigenvalue weighted by Gasteiger charge is 2.29. The Labute approximate surface area is 189 Å². The number of carbonyl (C=O) groups is 1. The molecule has 170 valence electrons. The molecule has 0 saturated heterocycles. The summed E-state index contributed by atoms with van der Waals surface area (Å²) in [6.45, 7) is 1.65. The van der Waals surface area contributed by atoms with E-state index in [0.717, 1.165) is 5.01 Å². The van der Waals surface area contributed by atoms with Crippen molar-refractivity contribution in [3.63, 3.8) is 0 Å². The van der Waals surface area contributed by atoms with Crippen molar-refractivity contribution in [2.45, 2.75) is 16.7 Å². The highest BCUT2D eigenvalue weighted by molar-refractivity contribution is 7.89. The molecule has 12 heteroatoms. The van der Waals surface area contributed by atoms with E-state index in [1.54, 1.807) is 19.1 Å². The van der Waals surface area contributed by atoms with Crippen molar-refractivity contribution in [3.05, 3.63) is 72.0 Å². The number of nitrogens with zero attached hydrogens (tertiary/aromatic N) is 2. The molecule has 0 aliphatic carbocycles. The number of carbonyl (C=O) groups excluding carboxylic acids is 1. The van der Waals surface area contributed by atoms with Crippen molar-refractivity contribution in [1.82, 2.24) is 0 Å². The number of anilines is 1. The molecule has 0 atom stereocenters. The molecule has 2 aromatic carbocycles. The second-order valence-corrected chi connectivity index (χ2v) is 10.1.